The molecule has 1 aromatic carbocycles. The molecule has 0 amide bonds. The zero-order valence-electron chi connectivity index (χ0n) is 9.35. The minimum absolute atomic E-state index is 0.314. The van der Waals surface area contributed by atoms with E-state index in [1.54, 1.807) is 12.1 Å². The zero-order valence-corrected chi connectivity index (χ0v) is 10.9. The van der Waals surface area contributed by atoms with Crippen molar-refractivity contribution in [3.8, 4) is 6.07 Å². The van der Waals surface area contributed by atoms with Crippen molar-refractivity contribution in [3.63, 3.8) is 0 Å². The first-order valence-corrected chi connectivity index (χ1v) is 5.80. The molecule has 86 valence electrons. The van der Waals surface area contributed by atoms with Crippen LogP contribution in [0, 0.1) is 16.7 Å². The van der Waals surface area contributed by atoms with Crippen LogP contribution in [0.3, 0.4) is 0 Å². The van der Waals surface area contributed by atoms with Crippen LogP contribution in [0.2, 0.25) is 10.0 Å². The van der Waals surface area contributed by atoms with Crippen LogP contribution in [0.25, 0.3) is 0 Å². The predicted octanol–water partition coefficient (Wildman–Crippen LogP) is 4.35. The Labute approximate surface area is 106 Å². The molecule has 2 nitrogen and oxygen atoms in total. The molecule has 0 fully saturated rings. The molecule has 0 radical (unpaired) electrons. The summed E-state index contributed by atoms with van der Waals surface area (Å²) < 4.78 is 0. The van der Waals surface area contributed by atoms with E-state index in [0.29, 0.717) is 16.6 Å². The quantitative estimate of drug-likeness (QED) is 0.870. The molecule has 0 aliphatic carbocycles. The third kappa shape index (κ3) is 3.92. The Morgan fingerprint density at radius 1 is 1.38 bits per heavy atom. The van der Waals surface area contributed by atoms with Crippen molar-refractivity contribution in [2.45, 2.75) is 20.3 Å². The second kappa shape index (κ2) is 5.43. The second-order valence-corrected chi connectivity index (χ2v) is 5.14. The van der Waals surface area contributed by atoms with Crippen molar-refractivity contribution >= 4 is 28.9 Å². The molecule has 1 N–H and O–H groups in total. The maximum Gasteiger partial charge on any atom is 0.0684 e. The van der Waals surface area contributed by atoms with Gasteiger partial charge in [-0.25, -0.2) is 0 Å². The molecule has 0 aromatic heterocycles. The fraction of sp³-hybridized carbons (Fsp3) is 0.417. The van der Waals surface area contributed by atoms with Crippen LogP contribution in [0.4, 0.5) is 5.69 Å². The molecule has 1 rings (SSSR count). The van der Waals surface area contributed by atoms with E-state index < -0.39 is 0 Å². The Bertz CT molecular complexity index is 408. The van der Waals surface area contributed by atoms with E-state index in [2.05, 4.69) is 11.4 Å². The highest BCUT2D eigenvalue weighted by Crippen LogP contribution is 2.26. The number of rotatable bonds is 4. The molecular formula is C12H14Cl2N2. The number of nitrogens with zero attached hydrogens (tertiary/aromatic N) is 1. The van der Waals surface area contributed by atoms with Gasteiger partial charge in [-0.1, -0.05) is 23.2 Å². The molecule has 0 saturated heterocycles. The highest BCUT2D eigenvalue weighted by atomic mass is 35.5. The van der Waals surface area contributed by atoms with Crippen molar-refractivity contribution in [3.05, 3.63) is 28.2 Å². The highest BCUT2D eigenvalue weighted by molar-refractivity contribution is 6.36. The maximum absolute atomic E-state index is 8.86. The summed E-state index contributed by atoms with van der Waals surface area (Å²) in [7, 11) is 0. The highest BCUT2D eigenvalue weighted by Gasteiger charge is 2.15. The van der Waals surface area contributed by atoms with Gasteiger partial charge in [-0.05, 0) is 38.5 Å². The summed E-state index contributed by atoms with van der Waals surface area (Å²) in [6, 6.07) is 7.57. The lowest BCUT2D eigenvalue weighted by atomic mass is 9.91. The fourth-order valence-electron chi connectivity index (χ4n) is 1.20. The van der Waals surface area contributed by atoms with E-state index in [1.165, 1.54) is 0 Å². The monoisotopic (exact) mass is 256 g/mol. The Balaban J connectivity index is 2.53. The molecule has 0 unspecified atom stereocenters. The molecule has 4 heteroatoms. The minimum atomic E-state index is -0.314. The molecule has 0 aliphatic heterocycles. The zero-order chi connectivity index (χ0) is 12.2. The topological polar surface area (TPSA) is 35.8 Å². The first kappa shape index (κ1) is 13.2. The summed E-state index contributed by atoms with van der Waals surface area (Å²) in [4.78, 5) is 0. The number of nitriles is 1. The van der Waals surface area contributed by atoms with Crippen molar-refractivity contribution in [1.29, 1.82) is 5.26 Å². The van der Waals surface area contributed by atoms with Gasteiger partial charge in [0, 0.05) is 11.6 Å². The van der Waals surface area contributed by atoms with Gasteiger partial charge < -0.3 is 5.32 Å². The van der Waals surface area contributed by atoms with Gasteiger partial charge in [-0.2, -0.15) is 5.26 Å². The van der Waals surface area contributed by atoms with Gasteiger partial charge in [0.15, 0.2) is 0 Å². The van der Waals surface area contributed by atoms with Crippen molar-refractivity contribution in [2.24, 2.45) is 5.41 Å². The van der Waals surface area contributed by atoms with Crippen molar-refractivity contribution < 1.29 is 0 Å². The molecule has 0 heterocycles. The van der Waals surface area contributed by atoms with E-state index in [0.717, 1.165) is 12.1 Å². The summed E-state index contributed by atoms with van der Waals surface area (Å²) in [5.74, 6) is 0. The first-order chi connectivity index (χ1) is 7.44. The lowest BCUT2D eigenvalue weighted by molar-refractivity contribution is 0.466. The SMILES string of the molecule is CC(C)(C#N)CCNc1ccc(Cl)cc1Cl. The number of hydrogen-bond donors (Lipinski definition) is 1. The molecule has 0 atom stereocenters. The largest absolute Gasteiger partial charge is 0.384 e. The molecule has 0 saturated carbocycles. The lowest BCUT2D eigenvalue weighted by Gasteiger charge is -2.16. The van der Waals surface area contributed by atoms with Crippen LogP contribution in [0.15, 0.2) is 18.2 Å². The van der Waals surface area contributed by atoms with Crippen molar-refractivity contribution in [1.82, 2.24) is 0 Å². The van der Waals surface area contributed by atoms with Crippen molar-refractivity contribution in [2.75, 3.05) is 11.9 Å². The number of anilines is 1. The van der Waals surface area contributed by atoms with Crippen LogP contribution in [-0.4, -0.2) is 6.54 Å². The van der Waals surface area contributed by atoms with Gasteiger partial charge >= 0.3 is 0 Å². The molecule has 0 aliphatic rings. The first-order valence-electron chi connectivity index (χ1n) is 5.05. The molecule has 1 aromatic rings. The second-order valence-electron chi connectivity index (χ2n) is 4.30. The Morgan fingerprint density at radius 3 is 2.62 bits per heavy atom. The average molecular weight is 257 g/mol. The van der Waals surface area contributed by atoms with Crippen LogP contribution < -0.4 is 5.32 Å². The number of halogens is 2. The Morgan fingerprint density at radius 2 is 2.06 bits per heavy atom. The summed E-state index contributed by atoms with van der Waals surface area (Å²) in [5, 5.41) is 13.3. The van der Waals surface area contributed by atoms with Crippen LogP contribution >= 0.6 is 23.2 Å². The third-order valence-electron chi connectivity index (χ3n) is 2.30. The van der Waals surface area contributed by atoms with Gasteiger partial charge in [0.05, 0.1) is 22.2 Å². The van der Waals surface area contributed by atoms with Crippen LogP contribution in [0.5, 0.6) is 0 Å². The maximum atomic E-state index is 8.86. The van der Waals surface area contributed by atoms with E-state index in [4.69, 9.17) is 28.5 Å². The van der Waals surface area contributed by atoms with E-state index in [-0.39, 0.29) is 5.41 Å². The fourth-order valence-corrected chi connectivity index (χ4v) is 1.67. The molecule has 0 spiro atoms. The number of nitrogens with one attached hydrogen (secondary N) is 1. The summed E-state index contributed by atoms with van der Waals surface area (Å²) in [6.45, 7) is 4.54. The third-order valence-corrected chi connectivity index (χ3v) is 2.85. The van der Waals surface area contributed by atoms with Crippen LogP contribution in [-0.2, 0) is 0 Å². The predicted molar refractivity (Wildman–Crippen MR) is 69.0 cm³/mol. The van der Waals surface area contributed by atoms with Gasteiger partial charge in [0.1, 0.15) is 0 Å². The van der Waals surface area contributed by atoms with Crippen LogP contribution in [0.1, 0.15) is 20.3 Å². The minimum Gasteiger partial charge on any atom is -0.384 e. The normalized spacial score (nSPS) is 10.9. The lowest BCUT2D eigenvalue weighted by Crippen LogP contribution is -2.14. The summed E-state index contributed by atoms with van der Waals surface area (Å²) in [5.41, 5.74) is 0.533. The molecular weight excluding hydrogens is 243 g/mol. The molecule has 0 bridgehead atoms. The van der Waals surface area contributed by atoms with E-state index >= 15 is 0 Å². The average Bonchev–Trinajstić information content (AvgIpc) is 2.21. The summed E-state index contributed by atoms with van der Waals surface area (Å²) >= 11 is 11.8. The standard InChI is InChI=1S/C12H14Cl2N2/c1-12(2,8-15)5-6-16-11-4-3-9(13)7-10(11)14/h3-4,7,16H,5-6H2,1-2H3. The van der Waals surface area contributed by atoms with E-state index in [1.807, 2.05) is 19.9 Å². The summed E-state index contributed by atoms with van der Waals surface area (Å²) in [6.07, 6.45) is 0.766. The van der Waals surface area contributed by atoms with E-state index in [9.17, 15) is 0 Å². The van der Waals surface area contributed by atoms with Gasteiger partial charge in [-0.3, -0.25) is 0 Å². The number of benzene rings is 1. The van der Waals surface area contributed by atoms with Gasteiger partial charge in [0.2, 0.25) is 0 Å². The molecule has 16 heavy (non-hydrogen) atoms. The van der Waals surface area contributed by atoms with Gasteiger partial charge in [0.25, 0.3) is 0 Å². The Kier molecular flexibility index (Phi) is 4.46. The van der Waals surface area contributed by atoms with Gasteiger partial charge in [-0.15, -0.1) is 0 Å². The number of hydrogen-bond acceptors (Lipinski definition) is 2. The Hall–Kier alpha value is -0.910. The smallest absolute Gasteiger partial charge is 0.0684 e.